The summed E-state index contributed by atoms with van der Waals surface area (Å²) in [5.41, 5.74) is 1.76. The minimum absolute atomic E-state index is 0.293. The molecule has 0 unspecified atom stereocenters. The van der Waals surface area contributed by atoms with E-state index in [9.17, 15) is 9.90 Å². The Morgan fingerprint density at radius 3 is 2.26 bits per heavy atom. The molecule has 2 N–H and O–H groups in total. The number of nitrogens with zero attached hydrogens (tertiary/aromatic N) is 1. The SMILES string of the molecule is O=C(O)c1nc(C2CCCCC2)[nH]c1CCCC12CC3CC(CC(C3)C1)C2. The Balaban J connectivity index is 1.25. The molecule has 0 aromatic carbocycles. The van der Waals surface area contributed by atoms with Crippen LogP contribution in [0.3, 0.4) is 0 Å². The number of carboxylic acid groups (broad SMARTS) is 1. The highest BCUT2D eigenvalue weighted by Crippen LogP contribution is 2.61. The number of aryl methyl sites for hydroxylation is 1. The number of hydrogen-bond donors (Lipinski definition) is 2. The Kier molecular flexibility index (Phi) is 4.56. The predicted molar refractivity (Wildman–Crippen MR) is 105 cm³/mol. The van der Waals surface area contributed by atoms with Gasteiger partial charge >= 0.3 is 5.97 Å². The molecule has 5 aliphatic rings. The van der Waals surface area contributed by atoms with E-state index in [1.807, 2.05) is 0 Å². The summed E-state index contributed by atoms with van der Waals surface area (Å²) in [5, 5.41) is 9.62. The fourth-order valence-electron chi connectivity index (χ4n) is 7.59. The molecule has 0 amide bonds. The zero-order valence-corrected chi connectivity index (χ0v) is 16.5. The Hall–Kier alpha value is -1.32. The summed E-state index contributed by atoms with van der Waals surface area (Å²) in [6.45, 7) is 0. The van der Waals surface area contributed by atoms with Crippen LogP contribution >= 0.6 is 0 Å². The second-order valence-corrected chi connectivity index (χ2v) is 10.4. The van der Waals surface area contributed by atoms with Crippen molar-refractivity contribution in [3.63, 3.8) is 0 Å². The fraction of sp³-hybridized carbons (Fsp3) is 0.826. The zero-order valence-electron chi connectivity index (χ0n) is 16.5. The Labute approximate surface area is 162 Å². The number of aromatic amines is 1. The summed E-state index contributed by atoms with van der Waals surface area (Å²) < 4.78 is 0. The first-order valence-electron chi connectivity index (χ1n) is 11.4. The summed E-state index contributed by atoms with van der Waals surface area (Å²) in [6.07, 6.45) is 18.2. The van der Waals surface area contributed by atoms with Crippen LogP contribution in [0.4, 0.5) is 0 Å². The van der Waals surface area contributed by atoms with E-state index in [0.717, 1.165) is 55.0 Å². The highest BCUT2D eigenvalue weighted by Gasteiger charge is 2.50. The fourth-order valence-corrected chi connectivity index (χ4v) is 7.59. The molecule has 0 atom stereocenters. The molecule has 1 aromatic heterocycles. The van der Waals surface area contributed by atoms with Crippen LogP contribution < -0.4 is 0 Å². The van der Waals surface area contributed by atoms with Gasteiger partial charge in [0.15, 0.2) is 5.69 Å². The highest BCUT2D eigenvalue weighted by molar-refractivity contribution is 5.86. The summed E-state index contributed by atoms with van der Waals surface area (Å²) in [5.74, 6) is 3.51. The number of aromatic nitrogens is 2. The van der Waals surface area contributed by atoms with Crippen LogP contribution in [-0.2, 0) is 6.42 Å². The lowest BCUT2D eigenvalue weighted by atomic mass is 9.48. The van der Waals surface area contributed by atoms with Gasteiger partial charge in [0.05, 0.1) is 0 Å². The standard InChI is InChI=1S/C23H34N2O2/c26-22(27)20-19(24-21(25-20)18-5-2-1-3-6-18)7-4-8-23-12-15-9-16(13-23)11-17(10-15)14-23/h15-18H,1-14H2,(H,24,25)(H,26,27). The first kappa shape index (κ1) is 17.8. The molecule has 4 heteroatoms. The molecule has 1 heterocycles. The van der Waals surface area contributed by atoms with Gasteiger partial charge in [-0.2, -0.15) is 0 Å². The van der Waals surface area contributed by atoms with Crippen molar-refractivity contribution in [3.05, 3.63) is 17.2 Å². The molecule has 5 saturated carbocycles. The van der Waals surface area contributed by atoms with Gasteiger partial charge in [-0.1, -0.05) is 19.3 Å². The highest BCUT2D eigenvalue weighted by atomic mass is 16.4. The van der Waals surface area contributed by atoms with Gasteiger partial charge in [-0.3, -0.25) is 0 Å². The van der Waals surface area contributed by atoms with E-state index < -0.39 is 5.97 Å². The van der Waals surface area contributed by atoms with Crippen LogP contribution in [0.25, 0.3) is 0 Å². The molecular weight excluding hydrogens is 336 g/mol. The lowest BCUT2D eigenvalue weighted by Gasteiger charge is -2.57. The first-order valence-corrected chi connectivity index (χ1v) is 11.4. The Morgan fingerprint density at radius 2 is 1.67 bits per heavy atom. The van der Waals surface area contributed by atoms with Crippen molar-refractivity contribution in [2.75, 3.05) is 0 Å². The molecule has 0 aliphatic heterocycles. The third-order valence-electron chi connectivity index (χ3n) is 8.29. The molecule has 0 radical (unpaired) electrons. The van der Waals surface area contributed by atoms with Gasteiger partial charge in [0.2, 0.25) is 0 Å². The second-order valence-electron chi connectivity index (χ2n) is 10.4. The van der Waals surface area contributed by atoms with Gasteiger partial charge in [0, 0.05) is 11.6 Å². The van der Waals surface area contributed by atoms with Crippen LogP contribution in [0.15, 0.2) is 0 Å². The van der Waals surface area contributed by atoms with Crippen LogP contribution in [0.2, 0.25) is 0 Å². The number of H-pyrrole nitrogens is 1. The molecule has 0 spiro atoms. The van der Waals surface area contributed by atoms with Gasteiger partial charge < -0.3 is 10.1 Å². The van der Waals surface area contributed by atoms with Crippen LogP contribution in [-0.4, -0.2) is 21.0 Å². The van der Waals surface area contributed by atoms with Gasteiger partial charge in [-0.05, 0) is 93.8 Å². The van der Waals surface area contributed by atoms with Crippen LogP contribution in [0.5, 0.6) is 0 Å². The van der Waals surface area contributed by atoms with Crippen molar-refractivity contribution in [1.29, 1.82) is 0 Å². The molecular formula is C23H34N2O2. The maximum absolute atomic E-state index is 11.7. The van der Waals surface area contributed by atoms with E-state index in [0.29, 0.717) is 17.0 Å². The van der Waals surface area contributed by atoms with E-state index in [-0.39, 0.29) is 0 Å². The Morgan fingerprint density at radius 1 is 1.04 bits per heavy atom. The third kappa shape index (κ3) is 3.45. The number of hydrogen-bond acceptors (Lipinski definition) is 2. The zero-order chi connectivity index (χ0) is 18.4. The average molecular weight is 371 g/mol. The number of carboxylic acids is 1. The van der Waals surface area contributed by atoms with Crippen molar-refractivity contribution < 1.29 is 9.90 Å². The smallest absolute Gasteiger partial charge is 0.356 e. The van der Waals surface area contributed by atoms with Crippen LogP contribution in [0.1, 0.15) is 111 Å². The van der Waals surface area contributed by atoms with Crippen molar-refractivity contribution in [1.82, 2.24) is 9.97 Å². The molecule has 27 heavy (non-hydrogen) atoms. The maximum atomic E-state index is 11.7. The van der Waals surface area contributed by atoms with Gasteiger partial charge in [-0.25, -0.2) is 9.78 Å². The van der Waals surface area contributed by atoms with E-state index in [2.05, 4.69) is 9.97 Å². The molecule has 5 aliphatic carbocycles. The van der Waals surface area contributed by atoms with Crippen LogP contribution in [0, 0.1) is 23.2 Å². The average Bonchev–Trinajstić information content (AvgIpc) is 3.06. The predicted octanol–water partition coefficient (Wildman–Crippen LogP) is 5.69. The summed E-state index contributed by atoms with van der Waals surface area (Å²) >= 11 is 0. The normalized spacial score (nSPS) is 35.6. The van der Waals surface area contributed by atoms with E-state index in [1.54, 1.807) is 0 Å². The number of imidazole rings is 1. The quantitative estimate of drug-likeness (QED) is 0.675. The number of nitrogens with one attached hydrogen (secondary N) is 1. The van der Waals surface area contributed by atoms with Crippen molar-refractivity contribution in [3.8, 4) is 0 Å². The van der Waals surface area contributed by atoms with Gasteiger partial charge in [0.25, 0.3) is 0 Å². The molecule has 4 bridgehead atoms. The van der Waals surface area contributed by atoms with Gasteiger partial charge in [0.1, 0.15) is 5.82 Å². The number of rotatable bonds is 6. The molecule has 5 fully saturated rings. The Bertz CT molecular complexity index is 666. The monoisotopic (exact) mass is 370 g/mol. The molecule has 0 saturated heterocycles. The van der Waals surface area contributed by atoms with Crippen molar-refractivity contribution >= 4 is 5.97 Å². The minimum Gasteiger partial charge on any atom is -0.476 e. The second kappa shape index (κ2) is 6.93. The van der Waals surface area contributed by atoms with Crippen molar-refractivity contribution in [2.45, 2.75) is 95.8 Å². The molecule has 148 valence electrons. The topological polar surface area (TPSA) is 66.0 Å². The van der Waals surface area contributed by atoms with E-state index >= 15 is 0 Å². The molecule has 1 aromatic rings. The van der Waals surface area contributed by atoms with Gasteiger partial charge in [-0.15, -0.1) is 0 Å². The third-order valence-corrected chi connectivity index (χ3v) is 8.29. The maximum Gasteiger partial charge on any atom is 0.356 e. The lowest BCUT2D eigenvalue weighted by Crippen LogP contribution is -2.45. The summed E-state index contributed by atoms with van der Waals surface area (Å²) in [6, 6.07) is 0. The number of aromatic carboxylic acids is 1. The van der Waals surface area contributed by atoms with E-state index in [1.165, 1.54) is 64.2 Å². The number of carbonyl (C=O) groups is 1. The minimum atomic E-state index is -0.863. The lowest BCUT2D eigenvalue weighted by molar-refractivity contribution is -0.0580. The largest absolute Gasteiger partial charge is 0.476 e. The summed E-state index contributed by atoms with van der Waals surface area (Å²) in [4.78, 5) is 19.7. The molecule has 6 rings (SSSR count). The molecule has 4 nitrogen and oxygen atoms in total. The first-order chi connectivity index (χ1) is 13.1. The van der Waals surface area contributed by atoms with E-state index in [4.69, 9.17) is 0 Å². The van der Waals surface area contributed by atoms with Crippen molar-refractivity contribution in [2.24, 2.45) is 23.2 Å². The summed E-state index contributed by atoms with van der Waals surface area (Å²) in [7, 11) is 0.